The fourth-order valence-electron chi connectivity index (χ4n) is 4.09. The molecule has 0 radical (unpaired) electrons. The molecule has 12 nitrogen and oxygen atoms in total. The highest BCUT2D eigenvalue weighted by Gasteiger charge is 2.31. The van der Waals surface area contributed by atoms with Crippen LogP contribution in [0.3, 0.4) is 0 Å². The quantitative estimate of drug-likeness (QED) is 0.135. The van der Waals surface area contributed by atoms with Crippen LogP contribution in [-0.4, -0.2) is 76.2 Å². The number of aliphatic hydroxyl groups excluding tert-OH is 1. The number of carboxylic acids is 1. The van der Waals surface area contributed by atoms with E-state index in [0.29, 0.717) is 19.4 Å². The van der Waals surface area contributed by atoms with E-state index in [1.807, 2.05) is 38.1 Å². The van der Waals surface area contributed by atoms with Crippen LogP contribution in [0, 0.1) is 5.92 Å². The van der Waals surface area contributed by atoms with Crippen molar-refractivity contribution in [3.63, 3.8) is 0 Å². The number of nitrogens with two attached hydrogens (primary N) is 2. The van der Waals surface area contributed by atoms with Gasteiger partial charge in [0, 0.05) is 23.5 Å². The number of aromatic nitrogens is 1. The van der Waals surface area contributed by atoms with Crippen LogP contribution < -0.4 is 27.4 Å². The number of hydrogen-bond donors (Lipinski definition) is 8. The Balaban J connectivity index is 2.25. The zero-order valence-corrected chi connectivity index (χ0v) is 21.9. The van der Waals surface area contributed by atoms with Crippen molar-refractivity contribution in [1.82, 2.24) is 20.9 Å². The maximum absolute atomic E-state index is 13.4. The fraction of sp³-hybridized carbons (Fsp3) is 0.538. The van der Waals surface area contributed by atoms with E-state index in [-0.39, 0.29) is 25.2 Å². The molecule has 0 bridgehead atoms. The Kier molecular flexibility index (Phi) is 12.2. The number of hydrogen-bond acceptors (Lipinski definition) is 7. The van der Waals surface area contributed by atoms with Gasteiger partial charge >= 0.3 is 5.97 Å². The first kappa shape index (κ1) is 30.7. The molecule has 4 atom stereocenters. The maximum Gasteiger partial charge on any atom is 0.326 e. The molecule has 2 rings (SSSR count). The molecular weight excluding hydrogens is 492 g/mol. The Morgan fingerprint density at radius 3 is 2.21 bits per heavy atom. The van der Waals surface area contributed by atoms with Gasteiger partial charge in [0.05, 0.1) is 6.61 Å². The SMILES string of the molecule is CC(C)CC(NC(=O)C(Cc1c[nH]c2ccccc12)NC(=O)C(N)CO)C(=O)NC(CCCCN)C(=O)O. The second kappa shape index (κ2) is 15.1. The number of aromatic amines is 1. The third-order valence-electron chi connectivity index (χ3n) is 6.17. The second-order valence-electron chi connectivity index (χ2n) is 9.79. The summed E-state index contributed by atoms with van der Waals surface area (Å²) in [5.41, 5.74) is 12.7. The van der Waals surface area contributed by atoms with Gasteiger partial charge in [-0.25, -0.2) is 4.79 Å². The van der Waals surface area contributed by atoms with Gasteiger partial charge in [0.2, 0.25) is 17.7 Å². The van der Waals surface area contributed by atoms with Gasteiger partial charge in [0.15, 0.2) is 0 Å². The molecule has 0 spiro atoms. The monoisotopic (exact) mass is 532 g/mol. The van der Waals surface area contributed by atoms with Gasteiger partial charge in [-0.3, -0.25) is 14.4 Å². The Hall–Kier alpha value is -3.48. The summed E-state index contributed by atoms with van der Waals surface area (Å²) in [6, 6.07) is 2.98. The highest BCUT2D eigenvalue weighted by molar-refractivity contribution is 5.94. The molecule has 1 aromatic heterocycles. The summed E-state index contributed by atoms with van der Waals surface area (Å²) in [5, 5.41) is 27.5. The van der Waals surface area contributed by atoms with Gasteiger partial charge in [-0.15, -0.1) is 0 Å². The molecular formula is C26H40N6O6. The Morgan fingerprint density at radius 2 is 1.58 bits per heavy atom. The number of nitrogens with one attached hydrogen (secondary N) is 4. The van der Waals surface area contributed by atoms with Crippen LogP contribution in [0.15, 0.2) is 30.5 Å². The number of benzene rings is 1. The molecule has 12 heteroatoms. The van der Waals surface area contributed by atoms with Crippen LogP contribution in [0.2, 0.25) is 0 Å². The molecule has 0 saturated heterocycles. The standard InChI is InChI=1S/C26H40N6O6/c1-15(2)11-21(24(35)30-20(26(37)38)9-5-6-10-27)32-25(36)22(31-23(34)18(28)14-33)12-16-13-29-19-8-4-3-7-17(16)19/h3-4,7-8,13,15,18,20-22,29,33H,5-6,9-12,14,27-28H2,1-2H3,(H,30,35)(H,31,34)(H,32,36)(H,37,38). The van der Waals surface area contributed by atoms with Crippen molar-refractivity contribution in [3.8, 4) is 0 Å². The van der Waals surface area contributed by atoms with Crippen molar-refractivity contribution in [2.75, 3.05) is 13.2 Å². The van der Waals surface area contributed by atoms with Crippen LogP contribution in [0.4, 0.5) is 0 Å². The number of carbonyl (C=O) groups is 4. The number of carbonyl (C=O) groups excluding carboxylic acids is 3. The lowest BCUT2D eigenvalue weighted by Gasteiger charge is -2.26. The molecule has 2 aromatic rings. The van der Waals surface area contributed by atoms with Crippen molar-refractivity contribution in [2.45, 2.75) is 70.1 Å². The molecule has 1 heterocycles. The molecule has 0 aliphatic rings. The van der Waals surface area contributed by atoms with Crippen LogP contribution in [-0.2, 0) is 25.6 Å². The van der Waals surface area contributed by atoms with E-state index in [4.69, 9.17) is 11.5 Å². The lowest BCUT2D eigenvalue weighted by Crippen LogP contribution is -2.58. The Labute approximate surface area is 221 Å². The van der Waals surface area contributed by atoms with Gasteiger partial charge in [-0.2, -0.15) is 0 Å². The van der Waals surface area contributed by atoms with Crippen LogP contribution >= 0.6 is 0 Å². The van der Waals surface area contributed by atoms with Crippen LogP contribution in [0.5, 0.6) is 0 Å². The van der Waals surface area contributed by atoms with Gasteiger partial charge in [0.25, 0.3) is 0 Å². The maximum atomic E-state index is 13.4. The minimum absolute atomic E-state index is 0.00367. The number of unbranched alkanes of at least 4 members (excludes halogenated alkanes) is 1. The van der Waals surface area contributed by atoms with Gasteiger partial charge in [-0.1, -0.05) is 32.0 Å². The van der Waals surface area contributed by atoms with Crippen molar-refractivity contribution < 1.29 is 29.4 Å². The van der Waals surface area contributed by atoms with Crippen molar-refractivity contribution >= 4 is 34.6 Å². The summed E-state index contributed by atoms with van der Waals surface area (Å²) in [4.78, 5) is 53.8. The molecule has 0 fully saturated rings. The highest BCUT2D eigenvalue weighted by Crippen LogP contribution is 2.19. The van der Waals surface area contributed by atoms with Crippen molar-refractivity contribution in [3.05, 3.63) is 36.0 Å². The zero-order chi connectivity index (χ0) is 28.2. The molecule has 210 valence electrons. The molecule has 0 saturated carbocycles. The molecule has 10 N–H and O–H groups in total. The smallest absolute Gasteiger partial charge is 0.326 e. The molecule has 4 unspecified atom stereocenters. The van der Waals surface area contributed by atoms with Gasteiger partial charge in [0.1, 0.15) is 24.2 Å². The summed E-state index contributed by atoms with van der Waals surface area (Å²) < 4.78 is 0. The third-order valence-corrected chi connectivity index (χ3v) is 6.17. The van der Waals surface area contributed by atoms with E-state index in [0.717, 1.165) is 16.5 Å². The first-order valence-corrected chi connectivity index (χ1v) is 12.8. The van der Waals surface area contributed by atoms with E-state index in [9.17, 15) is 29.4 Å². The van der Waals surface area contributed by atoms with Crippen molar-refractivity contribution in [2.24, 2.45) is 17.4 Å². The number of H-pyrrole nitrogens is 1. The zero-order valence-electron chi connectivity index (χ0n) is 21.9. The predicted molar refractivity (Wildman–Crippen MR) is 143 cm³/mol. The molecule has 0 aliphatic carbocycles. The summed E-state index contributed by atoms with van der Waals surface area (Å²) in [5.74, 6) is -3.16. The number of aliphatic carboxylic acids is 1. The predicted octanol–water partition coefficient (Wildman–Crippen LogP) is -0.256. The summed E-state index contributed by atoms with van der Waals surface area (Å²) in [7, 11) is 0. The summed E-state index contributed by atoms with van der Waals surface area (Å²) in [6.07, 6.45) is 3.43. The van der Waals surface area contributed by atoms with Crippen molar-refractivity contribution in [1.29, 1.82) is 0 Å². The lowest BCUT2D eigenvalue weighted by atomic mass is 10.00. The Bertz CT molecular complexity index is 1090. The number of fused-ring (bicyclic) bond motifs is 1. The van der Waals surface area contributed by atoms with E-state index < -0.39 is 54.5 Å². The van der Waals surface area contributed by atoms with E-state index >= 15 is 0 Å². The van der Waals surface area contributed by atoms with Crippen LogP contribution in [0.1, 0.15) is 45.1 Å². The minimum atomic E-state index is -1.23. The molecule has 0 aliphatic heterocycles. The largest absolute Gasteiger partial charge is 0.480 e. The van der Waals surface area contributed by atoms with E-state index in [2.05, 4.69) is 20.9 Å². The number of carboxylic acid groups (broad SMARTS) is 1. The first-order chi connectivity index (χ1) is 18.1. The fourth-order valence-corrected chi connectivity index (χ4v) is 4.09. The third kappa shape index (κ3) is 9.12. The molecule has 38 heavy (non-hydrogen) atoms. The Morgan fingerprint density at radius 1 is 0.947 bits per heavy atom. The number of amides is 3. The lowest BCUT2D eigenvalue weighted by molar-refractivity contribution is -0.142. The average molecular weight is 533 g/mol. The van der Waals surface area contributed by atoms with E-state index in [1.165, 1.54) is 0 Å². The average Bonchev–Trinajstić information content (AvgIpc) is 3.29. The minimum Gasteiger partial charge on any atom is -0.480 e. The summed E-state index contributed by atoms with van der Waals surface area (Å²) >= 11 is 0. The van der Waals surface area contributed by atoms with E-state index in [1.54, 1.807) is 6.20 Å². The second-order valence-corrected chi connectivity index (χ2v) is 9.79. The van der Waals surface area contributed by atoms with Gasteiger partial charge < -0.3 is 42.6 Å². The van der Waals surface area contributed by atoms with Crippen LogP contribution in [0.25, 0.3) is 10.9 Å². The number of aliphatic hydroxyl groups is 1. The summed E-state index contributed by atoms with van der Waals surface area (Å²) in [6.45, 7) is 3.55. The highest BCUT2D eigenvalue weighted by atomic mass is 16.4. The first-order valence-electron chi connectivity index (χ1n) is 12.8. The normalized spacial score (nSPS) is 14.5. The topological polar surface area (TPSA) is 213 Å². The number of rotatable bonds is 16. The van der Waals surface area contributed by atoms with Gasteiger partial charge in [-0.05, 0) is 49.8 Å². The molecule has 3 amide bonds. The molecule has 1 aromatic carbocycles. The number of para-hydroxylation sites is 1.